The van der Waals surface area contributed by atoms with Crippen molar-refractivity contribution in [2.45, 2.75) is 20.1 Å². The molecule has 3 aromatic heterocycles. The van der Waals surface area contributed by atoms with Crippen molar-refractivity contribution in [2.75, 3.05) is 6.26 Å². The molecule has 4 rings (SSSR count). The Morgan fingerprint density at radius 1 is 1.23 bits per heavy atom. The van der Waals surface area contributed by atoms with Crippen molar-refractivity contribution in [1.29, 1.82) is 0 Å². The van der Waals surface area contributed by atoms with Crippen molar-refractivity contribution < 1.29 is 13.2 Å². The van der Waals surface area contributed by atoms with Crippen LogP contribution in [-0.2, 0) is 23.2 Å². The zero-order valence-corrected chi connectivity index (χ0v) is 18.5. The first-order chi connectivity index (χ1) is 14.8. The number of hydrogen-bond acceptors (Lipinski definition) is 6. The van der Waals surface area contributed by atoms with Crippen LogP contribution in [0.15, 0.2) is 55.4 Å². The second kappa shape index (κ2) is 8.62. The molecule has 8 nitrogen and oxygen atoms in total. The number of imidazole rings is 1. The number of fused-ring (bicyclic) bond motifs is 1. The van der Waals surface area contributed by atoms with Crippen molar-refractivity contribution in [1.82, 2.24) is 24.2 Å². The van der Waals surface area contributed by atoms with E-state index in [1.165, 1.54) is 6.20 Å². The SMILES string of the molecule is Cc1cc(-n2ccnc2)c2cccc(OCc3c(Cl)cncc3CNS(C)(=O)=O)c2n1. The van der Waals surface area contributed by atoms with Gasteiger partial charge in [-0.15, -0.1) is 0 Å². The monoisotopic (exact) mass is 457 g/mol. The van der Waals surface area contributed by atoms with Crippen LogP contribution in [0.3, 0.4) is 0 Å². The standard InChI is InChI=1S/C21H20ClN5O3S/c1-14-8-19(27-7-6-23-13-27)16-4-3-5-20(21(16)26-14)30-12-17-15(9-24-11-18(17)22)10-25-31(2,28)29/h3-9,11,13,25H,10,12H2,1-2H3. The first-order valence-corrected chi connectivity index (χ1v) is 11.7. The minimum absolute atomic E-state index is 0.0722. The molecule has 3 heterocycles. The summed E-state index contributed by atoms with van der Waals surface area (Å²) in [5.74, 6) is 0.595. The number of sulfonamides is 1. The average Bonchev–Trinajstić information content (AvgIpc) is 3.25. The summed E-state index contributed by atoms with van der Waals surface area (Å²) in [5.41, 5.74) is 3.80. The highest BCUT2D eigenvalue weighted by Gasteiger charge is 2.14. The molecule has 31 heavy (non-hydrogen) atoms. The predicted molar refractivity (Wildman–Crippen MR) is 119 cm³/mol. The third-order valence-electron chi connectivity index (χ3n) is 4.68. The average molecular weight is 458 g/mol. The number of halogens is 1. The van der Waals surface area contributed by atoms with Gasteiger partial charge in [-0.1, -0.05) is 23.7 Å². The Hall–Kier alpha value is -3.01. The molecule has 0 radical (unpaired) electrons. The molecule has 0 atom stereocenters. The zero-order chi connectivity index (χ0) is 22.0. The Labute approximate surface area is 184 Å². The number of ether oxygens (including phenoxy) is 1. The van der Waals surface area contributed by atoms with Crippen LogP contribution in [0, 0.1) is 6.92 Å². The van der Waals surface area contributed by atoms with Gasteiger partial charge in [0.15, 0.2) is 0 Å². The van der Waals surface area contributed by atoms with E-state index in [9.17, 15) is 8.42 Å². The quantitative estimate of drug-likeness (QED) is 0.456. The molecule has 0 spiro atoms. The molecule has 0 bridgehead atoms. The van der Waals surface area contributed by atoms with Crippen LogP contribution in [0.25, 0.3) is 16.6 Å². The molecule has 0 saturated heterocycles. The molecular weight excluding hydrogens is 438 g/mol. The third-order valence-corrected chi connectivity index (χ3v) is 5.68. The Morgan fingerprint density at radius 2 is 2.06 bits per heavy atom. The summed E-state index contributed by atoms with van der Waals surface area (Å²) < 4.78 is 33.5. The molecule has 4 aromatic rings. The fourth-order valence-electron chi connectivity index (χ4n) is 3.23. The number of hydrogen-bond donors (Lipinski definition) is 1. The summed E-state index contributed by atoms with van der Waals surface area (Å²) in [7, 11) is -3.36. The van der Waals surface area contributed by atoms with Crippen LogP contribution in [0.1, 0.15) is 16.8 Å². The molecule has 0 fully saturated rings. The van der Waals surface area contributed by atoms with Crippen LogP contribution in [0.2, 0.25) is 5.02 Å². The van der Waals surface area contributed by atoms with Crippen molar-refractivity contribution >= 4 is 32.5 Å². The maximum Gasteiger partial charge on any atom is 0.209 e. The second-order valence-corrected chi connectivity index (χ2v) is 9.29. The number of nitrogens with zero attached hydrogens (tertiary/aromatic N) is 4. The Kier molecular flexibility index (Phi) is 5.90. The summed E-state index contributed by atoms with van der Waals surface area (Å²) in [6.45, 7) is 2.13. The summed E-state index contributed by atoms with van der Waals surface area (Å²) in [6, 6.07) is 7.71. The lowest BCUT2D eigenvalue weighted by atomic mass is 10.1. The molecule has 0 aliphatic rings. The van der Waals surface area contributed by atoms with Gasteiger partial charge in [0.25, 0.3) is 0 Å². The molecule has 0 unspecified atom stereocenters. The van der Waals surface area contributed by atoms with Gasteiger partial charge in [-0.3, -0.25) is 4.98 Å². The number of aryl methyl sites for hydroxylation is 1. The minimum Gasteiger partial charge on any atom is -0.487 e. The van der Waals surface area contributed by atoms with Gasteiger partial charge in [0.1, 0.15) is 17.9 Å². The minimum atomic E-state index is -3.36. The van der Waals surface area contributed by atoms with Gasteiger partial charge in [0.05, 0.1) is 23.3 Å². The van der Waals surface area contributed by atoms with Gasteiger partial charge >= 0.3 is 0 Å². The largest absolute Gasteiger partial charge is 0.487 e. The topological polar surface area (TPSA) is 99.0 Å². The molecule has 0 aliphatic carbocycles. The number of pyridine rings is 2. The van der Waals surface area contributed by atoms with E-state index in [-0.39, 0.29) is 13.2 Å². The molecule has 0 saturated carbocycles. The Bertz CT molecular complexity index is 1340. The summed E-state index contributed by atoms with van der Waals surface area (Å²) in [6.07, 6.45) is 9.51. The van der Waals surface area contributed by atoms with Crippen LogP contribution >= 0.6 is 11.6 Å². The number of para-hydroxylation sites is 1. The number of benzene rings is 1. The summed E-state index contributed by atoms with van der Waals surface area (Å²) in [4.78, 5) is 12.9. The Balaban J connectivity index is 1.68. The molecule has 0 amide bonds. The van der Waals surface area contributed by atoms with E-state index in [0.29, 0.717) is 27.4 Å². The van der Waals surface area contributed by atoms with Gasteiger partial charge in [0, 0.05) is 48.0 Å². The van der Waals surface area contributed by atoms with Gasteiger partial charge in [0.2, 0.25) is 10.0 Å². The fraction of sp³-hybridized carbons (Fsp3) is 0.190. The zero-order valence-electron chi connectivity index (χ0n) is 16.9. The second-order valence-electron chi connectivity index (χ2n) is 7.05. The van der Waals surface area contributed by atoms with Crippen molar-refractivity contribution in [3.8, 4) is 11.4 Å². The van der Waals surface area contributed by atoms with Crippen LogP contribution in [0.4, 0.5) is 0 Å². The van der Waals surface area contributed by atoms with E-state index in [2.05, 4.69) is 19.7 Å². The molecule has 1 aromatic carbocycles. The predicted octanol–water partition coefficient (Wildman–Crippen LogP) is 3.41. The van der Waals surface area contributed by atoms with E-state index in [1.54, 1.807) is 18.7 Å². The van der Waals surface area contributed by atoms with Crippen LogP contribution in [0.5, 0.6) is 5.75 Å². The lowest BCUT2D eigenvalue weighted by Crippen LogP contribution is -2.22. The third kappa shape index (κ3) is 4.84. The van der Waals surface area contributed by atoms with E-state index in [4.69, 9.17) is 16.3 Å². The van der Waals surface area contributed by atoms with Crippen LogP contribution in [-0.4, -0.2) is 34.2 Å². The fourth-order valence-corrected chi connectivity index (χ4v) is 3.88. The van der Waals surface area contributed by atoms with E-state index < -0.39 is 10.0 Å². The molecule has 160 valence electrons. The number of aromatic nitrogens is 4. The Morgan fingerprint density at radius 3 is 2.81 bits per heavy atom. The highest BCUT2D eigenvalue weighted by molar-refractivity contribution is 7.88. The van der Waals surface area contributed by atoms with E-state index >= 15 is 0 Å². The normalized spacial score (nSPS) is 11.7. The molecule has 1 N–H and O–H groups in total. The van der Waals surface area contributed by atoms with Crippen molar-refractivity contribution in [2.24, 2.45) is 0 Å². The number of rotatable bonds is 7. The lowest BCUT2D eigenvalue weighted by molar-refractivity contribution is 0.308. The molecule has 10 heteroatoms. The smallest absolute Gasteiger partial charge is 0.209 e. The van der Waals surface area contributed by atoms with Crippen molar-refractivity contribution in [3.63, 3.8) is 0 Å². The lowest BCUT2D eigenvalue weighted by Gasteiger charge is -2.15. The molecule has 0 aliphatic heterocycles. The molecular formula is C21H20ClN5O3S. The van der Waals surface area contributed by atoms with Gasteiger partial charge in [-0.25, -0.2) is 23.1 Å². The summed E-state index contributed by atoms with van der Waals surface area (Å²) in [5, 5.41) is 1.32. The van der Waals surface area contributed by atoms with Crippen molar-refractivity contribution in [3.05, 3.63) is 77.2 Å². The maximum absolute atomic E-state index is 11.5. The number of nitrogens with one attached hydrogen (secondary N) is 1. The first-order valence-electron chi connectivity index (χ1n) is 9.39. The van der Waals surface area contributed by atoms with E-state index in [0.717, 1.165) is 23.0 Å². The highest BCUT2D eigenvalue weighted by atomic mass is 35.5. The first kappa shape index (κ1) is 21.2. The van der Waals surface area contributed by atoms with Gasteiger partial charge in [-0.2, -0.15) is 0 Å². The van der Waals surface area contributed by atoms with Crippen LogP contribution < -0.4 is 9.46 Å². The van der Waals surface area contributed by atoms with Gasteiger partial charge < -0.3 is 9.30 Å². The summed E-state index contributed by atoms with van der Waals surface area (Å²) >= 11 is 6.34. The highest BCUT2D eigenvalue weighted by Crippen LogP contribution is 2.30. The van der Waals surface area contributed by atoms with Gasteiger partial charge in [-0.05, 0) is 24.6 Å². The maximum atomic E-state index is 11.5. The van der Waals surface area contributed by atoms with E-state index in [1.807, 2.05) is 42.0 Å².